The molecule has 1 amide bonds. The van der Waals surface area contributed by atoms with Gasteiger partial charge in [0, 0.05) is 30.9 Å². The zero-order chi connectivity index (χ0) is 17.8. The summed E-state index contributed by atoms with van der Waals surface area (Å²) >= 11 is 0. The molecule has 6 heteroatoms. The standard InChI is InChI=1S/C18H33N5O/c1-5-23(6-2)13-8-7-11-19-17(24)10-9-12-20-18-21-15(3)14-16(4)22-18/h14H,5-13H2,1-4H3,(H,19,24)(H,20,21,22). The summed E-state index contributed by atoms with van der Waals surface area (Å²) in [4.78, 5) is 22.8. The summed E-state index contributed by atoms with van der Waals surface area (Å²) in [7, 11) is 0. The van der Waals surface area contributed by atoms with Crippen LogP contribution < -0.4 is 10.6 Å². The number of carbonyl (C=O) groups excluding carboxylic acids is 1. The van der Waals surface area contributed by atoms with Crippen LogP contribution in [0.1, 0.15) is 50.9 Å². The van der Waals surface area contributed by atoms with Crippen molar-refractivity contribution in [2.45, 2.75) is 53.4 Å². The number of hydrogen-bond acceptors (Lipinski definition) is 5. The minimum atomic E-state index is 0.126. The van der Waals surface area contributed by atoms with Crippen LogP contribution >= 0.6 is 0 Å². The van der Waals surface area contributed by atoms with Gasteiger partial charge in [0.05, 0.1) is 0 Å². The summed E-state index contributed by atoms with van der Waals surface area (Å²) in [5.74, 6) is 0.769. The Morgan fingerprint density at radius 1 is 1.04 bits per heavy atom. The molecular formula is C18H33N5O. The normalized spacial score (nSPS) is 10.9. The van der Waals surface area contributed by atoms with E-state index in [2.05, 4.69) is 39.3 Å². The number of aromatic nitrogens is 2. The van der Waals surface area contributed by atoms with Gasteiger partial charge in [0.25, 0.3) is 0 Å². The van der Waals surface area contributed by atoms with Gasteiger partial charge in [0.1, 0.15) is 0 Å². The third-order valence-electron chi connectivity index (χ3n) is 3.96. The van der Waals surface area contributed by atoms with E-state index in [1.165, 1.54) is 0 Å². The Morgan fingerprint density at radius 3 is 2.33 bits per heavy atom. The average Bonchev–Trinajstić information content (AvgIpc) is 2.54. The van der Waals surface area contributed by atoms with Gasteiger partial charge in [0.15, 0.2) is 0 Å². The molecule has 0 saturated carbocycles. The van der Waals surface area contributed by atoms with Gasteiger partial charge in [-0.15, -0.1) is 0 Å². The monoisotopic (exact) mass is 335 g/mol. The summed E-state index contributed by atoms with van der Waals surface area (Å²) in [5.41, 5.74) is 1.90. The Balaban J connectivity index is 2.05. The van der Waals surface area contributed by atoms with Crippen LogP contribution in [0, 0.1) is 13.8 Å². The maximum absolute atomic E-state index is 11.8. The molecule has 1 aromatic rings. The van der Waals surface area contributed by atoms with E-state index < -0.39 is 0 Å². The average molecular weight is 335 g/mol. The quantitative estimate of drug-likeness (QED) is 0.574. The molecule has 0 radical (unpaired) electrons. The van der Waals surface area contributed by atoms with Gasteiger partial charge >= 0.3 is 0 Å². The molecule has 24 heavy (non-hydrogen) atoms. The lowest BCUT2D eigenvalue weighted by molar-refractivity contribution is -0.121. The van der Waals surface area contributed by atoms with E-state index in [0.29, 0.717) is 18.9 Å². The molecule has 0 atom stereocenters. The molecule has 136 valence electrons. The lowest BCUT2D eigenvalue weighted by Crippen LogP contribution is -2.27. The van der Waals surface area contributed by atoms with E-state index in [-0.39, 0.29) is 5.91 Å². The van der Waals surface area contributed by atoms with Crippen molar-refractivity contribution in [3.05, 3.63) is 17.5 Å². The lowest BCUT2D eigenvalue weighted by Gasteiger charge is -2.17. The van der Waals surface area contributed by atoms with Crippen LogP contribution in [0.25, 0.3) is 0 Å². The van der Waals surface area contributed by atoms with Crippen molar-refractivity contribution in [1.29, 1.82) is 0 Å². The summed E-state index contributed by atoms with van der Waals surface area (Å²) in [6, 6.07) is 1.94. The van der Waals surface area contributed by atoms with Crippen molar-refractivity contribution < 1.29 is 4.79 Å². The molecule has 0 spiro atoms. The highest BCUT2D eigenvalue weighted by molar-refractivity contribution is 5.75. The first-order chi connectivity index (χ1) is 11.5. The van der Waals surface area contributed by atoms with Gasteiger partial charge in [-0.1, -0.05) is 13.8 Å². The van der Waals surface area contributed by atoms with E-state index in [9.17, 15) is 4.79 Å². The molecule has 0 aliphatic carbocycles. The number of rotatable bonds is 12. The molecule has 1 aromatic heterocycles. The molecule has 0 aliphatic heterocycles. The van der Waals surface area contributed by atoms with E-state index in [0.717, 1.165) is 56.8 Å². The number of amides is 1. The largest absolute Gasteiger partial charge is 0.356 e. The van der Waals surface area contributed by atoms with Gasteiger partial charge in [-0.25, -0.2) is 9.97 Å². The fourth-order valence-electron chi connectivity index (χ4n) is 2.57. The Kier molecular flexibility index (Phi) is 10.00. The Morgan fingerprint density at radius 2 is 1.71 bits per heavy atom. The maximum atomic E-state index is 11.8. The highest BCUT2D eigenvalue weighted by Gasteiger charge is 2.03. The van der Waals surface area contributed by atoms with Gasteiger partial charge in [0.2, 0.25) is 11.9 Å². The van der Waals surface area contributed by atoms with E-state index in [1.54, 1.807) is 0 Å². The molecule has 0 aliphatic rings. The number of carbonyl (C=O) groups is 1. The highest BCUT2D eigenvalue weighted by atomic mass is 16.1. The zero-order valence-electron chi connectivity index (χ0n) is 15.7. The molecule has 0 aromatic carbocycles. The second kappa shape index (κ2) is 11.8. The molecular weight excluding hydrogens is 302 g/mol. The maximum Gasteiger partial charge on any atom is 0.223 e. The van der Waals surface area contributed by atoms with Crippen molar-refractivity contribution in [2.75, 3.05) is 38.0 Å². The Bertz CT molecular complexity index is 468. The Labute approximate surface area is 146 Å². The van der Waals surface area contributed by atoms with Crippen molar-refractivity contribution >= 4 is 11.9 Å². The molecule has 2 N–H and O–H groups in total. The first-order valence-electron chi connectivity index (χ1n) is 9.10. The summed E-state index contributed by atoms with van der Waals surface area (Å²) in [5, 5.41) is 6.17. The highest BCUT2D eigenvalue weighted by Crippen LogP contribution is 2.04. The molecule has 6 nitrogen and oxygen atoms in total. The minimum absolute atomic E-state index is 0.126. The molecule has 0 fully saturated rings. The number of anilines is 1. The number of aryl methyl sites for hydroxylation is 2. The summed E-state index contributed by atoms with van der Waals surface area (Å²) < 4.78 is 0. The van der Waals surface area contributed by atoms with Crippen LogP contribution in [-0.2, 0) is 4.79 Å². The number of unbranched alkanes of at least 4 members (excludes halogenated alkanes) is 1. The molecule has 1 rings (SSSR count). The summed E-state index contributed by atoms with van der Waals surface area (Å²) in [6.07, 6.45) is 3.49. The second-order valence-corrected chi connectivity index (χ2v) is 6.09. The first-order valence-corrected chi connectivity index (χ1v) is 9.10. The van der Waals surface area contributed by atoms with Gasteiger partial charge in [-0.3, -0.25) is 4.79 Å². The van der Waals surface area contributed by atoms with Crippen LogP contribution in [0.2, 0.25) is 0 Å². The van der Waals surface area contributed by atoms with Crippen molar-refractivity contribution in [1.82, 2.24) is 20.2 Å². The van der Waals surface area contributed by atoms with Crippen LogP contribution in [0.15, 0.2) is 6.07 Å². The Hall–Kier alpha value is -1.69. The second-order valence-electron chi connectivity index (χ2n) is 6.09. The smallest absolute Gasteiger partial charge is 0.223 e. The van der Waals surface area contributed by atoms with E-state index in [4.69, 9.17) is 0 Å². The lowest BCUT2D eigenvalue weighted by atomic mass is 10.2. The third kappa shape index (κ3) is 8.82. The molecule has 0 unspecified atom stereocenters. The predicted molar refractivity (Wildman–Crippen MR) is 99.3 cm³/mol. The van der Waals surface area contributed by atoms with Gasteiger partial charge in [-0.05, 0) is 58.8 Å². The van der Waals surface area contributed by atoms with Crippen LogP contribution in [-0.4, -0.2) is 53.5 Å². The predicted octanol–water partition coefficient (Wildman–Crippen LogP) is 2.52. The van der Waals surface area contributed by atoms with E-state index >= 15 is 0 Å². The number of nitrogens with zero attached hydrogens (tertiary/aromatic N) is 3. The van der Waals surface area contributed by atoms with Crippen LogP contribution in [0.5, 0.6) is 0 Å². The number of nitrogens with one attached hydrogen (secondary N) is 2. The van der Waals surface area contributed by atoms with Crippen LogP contribution in [0.4, 0.5) is 5.95 Å². The summed E-state index contributed by atoms with van der Waals surface area (Å²) in [6.45, 7) is 13.1. The molecule has 1 heterocycles. The molecule has 0 bridgehead atoms. The SMILES string of the molecule is CCN(CC)CCCCNC(=O)CCCNc1nc(C)cc(C)n1. The first kappa shape index (κ1) is 20.4. The fraction of sp³-hybridized carbons (Fsp3) is 0.722. The van der Waals surface area contributed by atoms with Crippen molar-refractivity contribution in [3.63, 3.8) is 0 Å². The topological polar surface area (TPSA) is 70.2 Å². The van der Waals surface area contributed by atoms with Crippen molar-refractivity contribution in [3.8, 4) is 0 Å². The van der Waals surface area contributed by atoms with E-state index in [1.807, 2.05) is 19.9 Å². The minimum Gasteiger partial charge on any atom is -0.356 e. The fourth-order valence-corrected chi connectivity index (χ4v) is 2.57. The van der Waals surface area contributed by atoms with Crippen molar-refractivity contribution in [2.24, 2.45) is 0 Å². The van der Waals surface area contributed by atoms with Gasteiger partial charge < -0.3 is 15.5 Å². The van der Waals surface area contributed by atoms with Crippen LogP contribution in [0.3, 0.4) is 0 Å². The molecule has 0 saturated heterocycles. The van der Waals surface area contributed by atoms with Gasteiger partial charge in [-0.2, -0.15) is 0 Å². The number of hydrogen-bond donors (Lipinski definition) is 2. The zero-order valence-corrected chi connectivity index (χ0v) is 15.7. The third-order valence-corrected chi connectivity index (χ3v) is 3.96.